The van der Waals surface area contributed by atoms with Crippen molar-refractivity contribution in [2.45, 2.75) is 6.92 Å². The molecule has 0 aliphatic carbocycles. The van der Waals surface area contributed by atoms with Crippen LogP contribution in [0.5, 0.6) is 0 Å². The summed E-state index contributed by atoms with van der Waals surface area (Å²) in [5.41, 5.74) is 3.39. The van der Waals surface area contributed by atoms with Crippen LogP contribution < -0.4 is 0 Å². The number of hydrogen-bond acceptors (Lipinski definition) is 1. The van der Waals surface area contributed by atoms with Crippen LogP contribution >= 0.6 is 15.9 Å². The third kappa shape index (κ3) is 1.87. The molecule has 2 aromatic heterocycles. The smallest absolute Gasteiger partial charge is 0.144 e. The molecule has 3 aromatic rings. The second-order valence-corrected chi connectivity index (χ2v) is 5.00. The van der Waals surface area contributed by atoms with E-state index in [1.807, 2.05) is 6.20 Å². The molecule has 3 heteroatoms. The molecule has 0 saturated carbocycles. The minimum atomic E-state index is 0.983. The summed E-state index contributed by atoms with van der Waals surface area (Å²) in [5, 5.41) is 1.14. The maximum atomic E-state index is 4.46. The molecule has 0 spiro atoms. The highest BCUT2D eigenvalue weighted by molar-refractivity contribution is 9.10. The molecule has 3 rings (SSSR count). The number of nitrogens with zero attached hydrogens (tertiary/aromatic N) is 2. The Morgan fingerprint density at radius 3 is 2.65 bits per heavy atom. The Kier molecular flexibility index (Phi) is 2.48. The summed E-state index contributed by atoms with van der Waals surface area (Å²) < 4.78 is 3.10. The van der Waals surface area contributed by atoms with Crippen LogP contribution in [0.15, 0.2) is 53.3 Å². The fourth-order valence-corrected chi connectivity index (χ4v) is 2.26. The first-order valence-corrected chi connectivity index (χ1v) is 6.23. The van der Waals surface area contributed by atoms with Crippen molar-refractivity contribution in [2.75, 3.05) is 0 Å². The van der Waals surface area contributed by atoms with Gasteiger partial charge in [0.2, 0.25) is 0 Å². The molecule has 1 aromatic carbocycles. The molecule has 0 amide bonds. The van der Waals surface area contributed by atoms with Crippen LogP contribution in [0.1, 0.15) is 5.56 Å². The van der Waals surface area contributed by atoms with E-state index >= 15 is 0 Å². The number of hydrogen-bond donors (Lipinski definition) is 0. The number of fused-ring (bicyclic) bond motifs is 1. The predicted octanol–water partition coefficient (Wildman–Crippen LogP) is 4.10. The maximum Gasteiger partial charge on any atom is 0.144 e. The molecule has 2 nitrogen and oxygen atoms in total. The van der Waals surface area contributed by atoms with Crippen LogP contribution in [0.2, 0.25) is 0 Å². The number of rotatable bonds is 1. The van der Waals surface area contributed by atoms with Gasteiger partial charge in [0.15, 0.2) is 0 Å². The van der Waals surface area contributed by atoms with Gasteiger partial charge in [-0.25, -0.2) is 4.98 Å². The normalized spacial score (nSPS) is 10.9. The number of aromatic nitrogens is 2. The fourth-order valence-electron chi connectivity index (χ4n) is 1.91. The average molecular weight is 287 g/mol. The second-order valence-electron chi connectivity index (χ2n) is 4.09. The van der Waals surface area contributed by atoms with Crippen LogP contribution in [0.3, 0.4) is 0 Å². The highest BCUT2D eigenvalue weighted by Crippen LogP contribution is 2.21. The van der Waals surface area contributed by atoms with Gasteiger partial charge in [-0.1, -0.05) is 17.7 Å². The van der Waals surface area contributed by atoms with E-state index in [1.165, 1.54) is 5.56 Å². The van der Waals surface area contributed by atoms with Crippen molar-refractivity contribution in [3.8, 4) is 5.69 Å². The number of benzene rings is 1. The Balaban J connectivity index is 2.21. The summed E-state index contributed by atoms with van der Waals surface area (Å²) in [5.74, 6) is 0. The molecule has 17 heavy (non-hydrogen) atoms. The Morgan fingerprint density at radius 1 is 1.12 bits per heavy atom. The molecule has 0 radical (unpaired) electrons. The van der Waals surface area contributed by atoms with Crippen LogP contribution in [0.4, 0.5) is 0 Å². The topological polar surface area (TPSA) is 17.8 Å². The molecule has 0 N–H and O–H groups in total. The molecule has 0 aliphatic rings. The third-order valence-corrected chi connectivity index (χ3v) is 3.24. The van der Waals surface area contributed by atoms with Crippen molar-refractivity contribution >= 4 is 27.0 Å². The van der Waals surface area contributed by atoms with E-state index < -0.39 is 0 Å². The van der Waals surface area contributed by atoms with E-state index in [0.717, 1.165) is 21.2 Å². The molecule has 84 valence electrons. The van der Waals surface area contributed by atoms with Gasteiger partial charge in [-0.3, -0.25) is 0 Å². The summed E-state index contributed by atoms with van der Waals surface area (Å²) in [4.78, 5) is 4.46. The van der Waals surface area contributed by atoms with Crippen molar-refractivity contribution in [3.05, 3.63) is 58.8 Å². The number of halogens is 1. The number of pyridine rings is 1. The first kappa shape index (κ1) is 10.5. The van der Waals surface area contributed by atoms with E-state index in [-0.39, 0.29) is 0 Å². The van der Waals surface area contributed by atoms with Gasteiger partial charge in [-0.05, 0) is 47.1 Å². The van der Waals surface area contributed by atoms with Crippen molar-refractivity contribution in [2.24, 2.45) is 0 Å². The Morgan fingerprint density at radius 2 is 1.88 bits per heavy atom. The lowest BCUT2D eigenvalue weighted by Gasteiger charge is -2.05. The molecule has 0 aliphatic heterocycles. The van der Waals surface area contributed by atoms with E-state index in [0.29, 0.717) is 0 Å². The molecule has 0 fully saturated rings. The maximum absolute atomic E-state index is 4.46. The summed E-state index contributed by atoms with van der Waals surface area (Å²) in [7, 11) is 0. The highest BCUT2D eigenvalue weighted by atomic mass is 79.9. The second kappa shape index (κ2) is 4.00. The lowest BCUT2D eigenvalue weighted by molar-refractivity contribution is 1.09. The van der Waals surface area contributed by atoms with E-state index in [1.54, 1.807) is 0 Å². The lowest BCUT2D eigenvalue weighted by Crippen LogP contribution is -1.93. The highest BCUT2D eigenvalue weighted by Gasteiger charge is 2.04. The van der Waals surface area contributed by atoms with Crippen molar-refractivity contribution in [1.29, 1.82) is 0 Å². The standard InChI is InChI=1S/C14H11BrN2/c1-10-2-4-13(5-3-10)17-7-6-11-8-12(15)9-16-14(11)17/h2-9H,1H3. The SMILES string of the molecule is Cc1ccc(-n2ccc3cc(Br)cnc32)cc1. The fraction of sp³-hybridized carbons (Fsp3) is 0.0714. The van der Waals surface area contributed by atoms with Crippen LogP contribution in [0.25, 0.3) is 16.7 Å². The molecule has 0 atom stereocenters. The molecular formula is C14H11BrN2. The van der Waals surface area contributed by atoms with Gasteiger partial charge in [0, 0.05) is 27.9 Å². The Hall–Kier alpha value is -1.61. The van der Waals surface area contributed by atoms with E-state index in [2.05, 4.69) is 75.0 Å². The summed E-state index contributed by atoms with van der Waals surface area (Å²) in [6.07, 6.45) is 3.88. The predicted molar refractivity (Wildman–Crippen MR) is 73.5 cm³/mol. The monoisotopic (exact) mass is 286 g/mol. The van der Waals surface area contributed by atoms with E-state index in [9.17, 15) is 0 Å². The van der Waals surface area contributed by atoms with Gasteiger partial charge < -0.3 is 4.57 Å². The van der Waals surface area contributed by atoms with Gasteiger partial charge >= 0.3 is 0 Å². The molecule has 2 heterocycles. The number of aryl methyl sites for hydroxylation is 1. The molecule has 0 bridgehead atoms. The summed E-state index contributed by atoms with van der Waals surface area (Å²) in [6, 6.07) is 12.6. The first-order valence-electron chi connectivity index (χ1n) is 5.44. The summed E-state index contributed by atoms with van der Waals surface area (Å²) in [6.45, 7) is 2.09. The Bertz CT molecular complexity index is 668. The zero-order valence-electron chi connectivity index (χ0n) is 9.39. The molecule has 0 unspecified atom stereocenters. The quantitative estimate of drug-likeness (QED) is 0.659. The van der Waals surface area contributed by atoms with E-state index in [4.69, 9.17) is 0 Å². The summed E-state index contributed by atoms with van der Waals surface area (Å²) >= 11 is 3.44. The van der Waals surface area contributed by atoms with Crippen molar-refractivity contribution in [3.63, 3.8) is 0 Å². The van der Waals surface area contributed by atoms with Crippen LogP contribution in [-0.2, 0) is 0 Å². The zero-order chi connectivity index (χ0) is 11.8. The van der Waals surface area contributed by atoms with Gasteiger partial charge in [0.1, 0.15) is 5.65 Å². The minimum absolute atomic E-state index is 0.983. The lowest BCUT2D eigenvalue weighted by atomic mass is 10.2. The van der Waals surface area contributed by atoms with Gasteiger partial charge in [-0.2, -0.15) is 0 Å². The van der Waals surface area contributed by atoms with Crippen molar-refractivity contribution < 1.29 is 0 Å². The first-order chi connectivity index (χ1) is 8.24. The Labute approximate surface area is 108 Å². The van der Waals surface area contributed by atoms with Crippen LogP contribution in [0, 0.1) is 6.92 Å². The third-order valence-electron chi connectivity index (χ3n) is 2.81. The van der Waals surface area contributed by atoms with Crippen molar-refractivity contribution in [1.82, 2.24) is 9.55 Å². The van der Waals surface area contributed by atoms with Crippen LogP contribution in [-0.4, -0.2) is 9.55 Å². The van der Waals surface area contributed by atoms with Gasteiger partial charge in [-0.15, -0.1) is 0 Å². The van der Waals surface area contributed by atoms with Gasteiger partial charge in [0.25, 0.3) is 0 Å². The largest absolute Gasteiger partial charge is 0.301 e. The molecular weight excluding hydrogens is 276 g/mol. The molecule has 0 saturated heterocycles. The minimum Gasteiger partial charge on any atom is -0.301 e. The van der Waals surface area contributed by atoms with Gasteiger partial charge in [0.05, 0.1) is 0 Å². The zero-order valence-corrected chi connectivity index (χ0v) is 11.0. The average Bonchev–Trinajstić information content (AvgIpc) is 2.73.